The molecule has 0 bridgehead atoms. The van der Waals surface area contributed by atoms with Gasteiger partial charge in [-0.05, 0) is 12.8 Å². The van der Waals surface area contributed by atoms with Gasteiger partial charge in [-0.25, -0.2) is 0 Å². The molecule has 19 heavy (non-hydrogen) atoms. The van der Waals surface area contributed by atoms with Gasteiger partial charge in [-0.3, -0.25) is 4.79 Å². The van der Waals surface area contributed by atoms with Crippen LogP contribution in [0.25, 0.3) is 10.8 Å². The Labute approximate surface area is 110 Å². The molecule has 0 radical (unpaired) electrons. The molecule has 0 aliphatic carbocycles. The summed E-state index contributed by atoms with van der Waals surface area (Å²) in [5.41, 5.74) is 0. The van der Waals surface area contributed by atoms with Gasteiger partial charge in [0, 0.05) is 23.4 Å². The first-order valence-electron chi connectivity index (χ1n) is 6.44. The number of benzene rings is 1. The van der Waals surface area contributed by atoms with Crippen molar-refractivity contribution >= 4 is 22.6 Å². The summed E-state index contributed by atoms with van der Waals surface area (Å²) >= 11 is 0. The van der Waals surface area contributed by atoms with E-state index in [0.717, 1.165) is 36.0 Å². The average molecular weight is 257 g/mol. The standard InChI is InChI=1S/C14H15N3O2/c18-13(19)8-11-5-3-7-17(11)14-12-6-2-1-4-10(12)9-15-16-14/h1-2,4,6,9,11H,3,5,7-8H2,(H,18,19). The van der Waals surface area contributed by atoms with Crippen molar-refractivity contribution in [2.75, 3.05) is 11.4 Å². The quantitative estimate of drug-likeness (QED) is 0.911. The minimum atomic E-state index is -0.759. The Hall–Kier alpha value is -2.17. The molecule has 0 amide bonds. The fourth-order valence-electron chi connectivity index (χ4n) is 2.75. The molecule has 0 saturated carbocycles. The maximum atomic E-state index is 10.9. The van der Waals surface area contributed by atoms with Crippen molar-refractivity contribution in [3.63, 3.8) is 0 Å². The molecular weight excluding hydrogens is 242 g/mol. The number of hydrogen-bond acceptors (Lipinski definition) is 4. The summed E-state index contributed by atoms with van der Waals surface area (Å²) in [5.74, 6) is 0.0481. The molecule has 1 fully saturated rings. The van der Waals surface area contributed by atoms with E-state index in [1.807, 2.05) is 24.3 Å². The summed E-state index contributed by atoms with van der Waals surface area (Å²) < 4.78 is 0. The van der Waals surface area contributed by atoms with Crippen LogP contribution in [0.3, 0.4) is 0 Å². The van der Waals surface area contributed by atoms with Gasteiger partial charge in [0.25, 0.3) is 0 Å². The molecule has 0 spiro atoms. The topological polar surface area (TPSA) is 66.3 Å². The van der Waals surface area contributed by atoms with Crippen LogP contribution in [-0.2, 0) is 4.79 Å². The summed E-state index contributed by atoms with van der Waals surface area (Å²) in [4.78, 5) is 13.0. The van der Waals surface area contributed by atoms with E-state index in [-0.39, 0.29) is 12.5 Å². The number of carbonyl (C=O) groups is 1. The molecule has 1 aliphatic rings. The Bertz CT molecular complexity index is 609. The smallest absolute Gasteiger partial charge is 0.305 e. The molecule has 1 saturated heterocycles. The molecule has 1 aromatic heterocycles. The lowest BCUT2D eigenvalue weighted by Crippen LogP contribution is -2.32. The lowest BCUT2D eigenvalue weighted by atomic mass is 10.1. The second-order valence-corrected chi connectivity index (χ2v) is 4.84. The molecule has 1 aromatic carbocycles. The number of fused-ring (bicyclic) bond motifs is 1. The van der Waals surface area contributed by atoms with E-state index in [0.29, 0.717) is 0 Å². The van der Waals surface area contributed by atoms with Gasteiger partial charge in [-0.15, -0.1) is 5.10 Å². The molecule has 98 valence electrons. The first-order chi connectivity index (χ1) is 9.25. The van der Waals surface area contributed by atoms with Crippen LogP contribution in [0.15, 0.2) is 30.5 Å². The molecule has 1 aliphatic heterocycles. The highest BCUT2D eigenvalue weighted by Gasteiger charge is 2.28. The van der Waals surface area contributed by atoms with Gasteiger partial charge in [-0.1, -0.05) is 24.3 Å². The van der Waals surface area contributed by atoms with Crippen LogP contribution in [0.2, 0.25) is 0 Å². The Kier molecular flexibility index (Phi) is 3.03. The number of aromatic nitrogens is 2. The highest BCUT2D eigenvalue weighted by molar-refractivity contribution is 5.91. The summed E-state index contributed by atoms with van der Waals surface area (Å²) in [6.45, 7) is 0.848. The zero-order valence-corrected chi connectivity index (χ0v) is 10.5. The van der Waals surface area contributed by atoms with Crippen molar-refractivity contribution in [2.45, 2.75) is 25.3 Å². The maximum Gasteiger partial charge on any atom is 0.305 e. The monoisotopic (exact) mass is 257 g/mol. The number of carboxylic acid groups (broad SMARTS) is 1. The van der Waals surface area contributed by atoms with Gasteiger partial charge in [0.1, 0.15) is 0 Å². The van der Waals surface area contributed by atoms with Crippen LogP contribution in [0.1, 0.15) is 19.3 Å². The highest BCUT2D eigenvalue weighted by atomic mass is 16.4. The van der Waals surface area contributed by atoms with Crippen molar-refractivity contribution in [3.05, 3.63) is 30.5 Å². The summed E-state index contributed by atoms with van der Waals surface area (Å²) in [6.07, 6.45) is 3.80. The lowest BCUT2D eigenvalue weighted by Gasteiger charge is -2.25. The zero-order valence-electron chi connectivity index (χ0n) is 10.5. The summed E-state index contributed by atoms with van der Waals surface area (Å²) in [6, 6.07) is 7.96. The average Bonchev–Trinajstić information content (AvgIpc) is 2.85. The van der Waals surface area contributed by atoms with E-state index >= 15 is 0 Å². The molecule has 2 heterocycles. The number of nitrogens with zero attached hydrogens (tertiary/aromatic N) is 3. The van der Waals surface area contributed by atoms with E-state index in [1.165, 1.54) is 0 Å². The van der Waals surface area contributed by atoms with Gasteiger partial charge in [0.15, 0.2) is 5.82 Å². The Morgan fingerprint density at radius 3 is 3.11 bits per heavy atom. The van der Waals surface area contributed by atoms with Crippen LogP contribution in [0.4, 0.5) is 5.82 Å². The van der Waals surface area contributed by atoms with E-state index in [9.17, 15) is 4.79 Å². The first kappa shape index (κ1) is 11.9. The Balaban J connectivity index is 2.01. The molecule has 1 unspecified atom stereocenters. The minimum Gasteiger partial charge on any atom is -0.481 e. The molecule has 5 heteroatoms. The largest absolute Gasteiger partial charge is 0.481 e. The highest BCUT2D eigenvalue weighted by Crippen LogP contribution is 2.30. The molecule has 2 aromatic rings. The predicted molar refractivity (Wildman–Crippen MR) is 72.2 cm³/mol. The summed E-state index contributed by atoms with van der Waals surface area (Å²) in [7, 11) is 0. The second-order valence-electron chi connectivity index (χ2n) is 4.84. The van der Waals surface area contributed by atoms with Gasteiger partial charge in [0.2, 0.25) is 0 Å². The number of anilines is 1. The van der Waals surface area contributed by atoms with Gasteiger partial charge in [0.05, 0.1) is 12.6 Å². The lowest BCUT2D eigenvalue weighted by molar-refractivity contribution is -0.137. The second kappa shape index (κ2) is 4.84. The van der Waals surface area contributed by atoms with Crippen LogP contribution < -0.4 is 4.90 Å². The van der Waals surface area contributed by atoms with E-state index in [1.54, 1.807) is 6.20 Å². The fraction of sp³-hybridized carbons (Fsp3) is 0.357. The number of carboxylic acids is 1. The number of aliphatic carboxylic acids is 1. The van der Waals surface area contributed by atoms with Crippen LogP contribution in [0.5, 0.6) is 0 Å². The number of rotatable bonds is 3. The van der Waals surface area contributed by atoms with Crippen molar-refractivity contribution in [1.82, 2.24) is 10.2 Å². The van der Waals surface area contributed by atoms with Gasteiger partial charge in [-0.2, -0.15) is 5.10 Å². The Morgan fingerprint density at radius 2 is 2.26 bits per heavy atom. The van der Waals surface area contributed by atoms with Crippen molar-refractivity contribution < 1.29 is 9.90 Å². The zero-order chi connectivity index (χ0) is 13.2. The summed E-state index contributed by atoms with van der Waals surface area (Å²) in [5, 5.41) is 19.3. The minimum absolute atomic E-state index is 0.0256. The third-order valence-electron chi connectivity index (χ3n) is 3.61. The molecule has 1 atom stereocenters. The molecule has 1 N–H and O–H groups in total. The van der Waals surface area contributed by atoms with Gasteiger partial charge < -0.3 is 10.0 Å². The van der Waals surface area contributed by atoms with Crippen LogP contribution in [0, 0.1) is 0 Å². The van der Waals surface area contributed by atoms with Crippen molar-refractivity contribution in [2.24, 2.45) is 0 Å². The first-order valence-corrected chi connectivity index (χ1v) is 6.44. The van der Waals surface area contributed by atoms with Crippen LogP contribution in [-0.4, -0.2) is 33.9 Å². The van der Waals surface area contributed by atoms with Crippen LogP contribution >= 0.6 is 0 Å². The normalized spacial score (nSPS) is 18.9. The predicted octanol–water partition coefficient (Wildman–Crippen LogP) is 2.07. The van der Waals surface area contributed by atoms with Crippen molar-refractivity contribution in [1.29, 1.82) is 0 Å². The number of hydrogen-bond donors (Lipinski definition) is 1. The fourth-order valence-corrected chi connectivity index (χ4v) is 2.75. The van der Waals surface area contributed by atoms with Gasteiger partial charge >= 0.3 is 5.97 Å². The SMILES string of the molecule is O=C(O)CC1CCCN1c1nncc2ccccc12. The van der Waals surface area contributed by atoms with Crippen molar-refractivity contribution in [3.8, 4) is 0 Å². The third kappa shape index (κ3) is 2.23. The molecule has 5 nitrogen and oxygen atoms in total. The maximum absolute atomic E-state index is 10.9. The third-order valence-corrected chi connectivity index (χ3v) is 3.61. The van der Waals surface area contributed by atoms with E-state index < -0.39 is 5.97 Å². The molecular formula is C14H15N3O2. The molecule has 3 rings (SSSR count). The Morgan fingerprint density at radius 1 is 1.42 bits per heavy atom. The van der Waals surface area contributed by atoms with E-state index in [4.69, 9.17) is 5.11 Å². The van der Waals surface area contributed by atoms with E-state index in [2.05, 4.69) is 15.1 Å².